The Balaban J connectivity index is 0.000000252. The first-order valence-electron chi connectivity index (χ1n) is 9.48. The summed E-state index contributed by atoms with van der Waals surface area (Å²) in [6.45, 7) is 4.28. The van der Waals surface area contributed by atoms with Gasteiger partial charge in [0.05, 0.1) is 0 Å². The van der Waals surface area contributed by atoms with Gasteiger partial charge >= 0.3 is 49.5 Å². The van der Waals surface area contributed by atoms with Gasteiger partial charge in [0, 0.05) is 0 Å². The molecule has 0 heterocycles. The van der Waals surface area contributed by atoms with Crippen molar-refractivity contribution in [3.05, 3.63) is 77.9 Å². The van der Waals surface area contributed by atoms with Crippen molar-refractivity contribution in [2.75, 3.05) is 0 Å². The second-order valence-corrected chi connectivity index (χ2v) is 8.24. The van der Waals surface area contributed by atoms with Gasteiger partial charge in [-0.2, -0.15) is 6.08 Å². The fourth-order valence-corrected chi connectivity index (χ4v) is 3.96. The van der Waals surface area contributed by atoms with E-state index in [0.717, 1.165) is 6.42 Å². The van der Waals surface area contributed by atoms with Crippen LogP contribution in [0.1, 0.15) is 43.2 Å². The predicted octanol–water partition coefficient (Wildman–Crippen LogP) is 0.922. The van der Waals surface area contributed by atoms with Crippen LogP contribution in [-0.4, -0.2) is 3.81 Å². The number of allylic oxidation sites excluding steroid dienone is 4. The summed E-state index contributed by atoms with van der Waals surface area (Å²) in [6, 6.07) is 15.6. The van der Waals surface area contributed by atoms with Crippen molar-refractivity contribution < 1.29 is 44.8 Å². The Bertz CT molecular complexity index is 889. The molecular formula is C25H26Cl2Ti-2. The summed E-state index contributed by atoms with van der Waals surface area (Å²) >= 11 is 2.26. The average molecular weight is 445 g/mol. The van der Waals surface area contributed by atoms with Crippen LogP contribution in [0.5, 0.6) is 0 Å². The van der Waals surface area contributed by atoms with Crippen LogP contribution in [0, 0.1) is 19.9 Å². The molecule has 5 rings (SSSR count). The van der Waals surface area contributed by atoms with Crippen molar-refractivity contribution in [3.63, 3.8) is 0 Å². The topological polar surface area (TPSA) is 0 Å². The van der Waals surface area contributed by atoms with E-state index in [1.165, 1.54) is 58.4 Å². The van der Waals surface area contributed by atoms with E-state index in [1.54, 1.807) is 3.81 Å². The van der Waals surface area contributed by atoms with Crippen LogP contribution < -0.4 is 24.8 Å². The molecule has 1 fully saturated rings. The first kappa shape index (κ1) is 25.0. The van der Waals surface area contributed by atoms with Crippen molar-refractivity contribution in [1.82, 2.24) is 0 Å². The minimum atomic E-state index is 0. The summed E-state index contributed by atoms with van der Waals surface area (Å²) in [5.41, 5.74) is 2.66. The summed E-state index contributed by atoms with van der Waals surface area (Å²) in [7, 11) is 0. The van der Waals surface area contributed by atoms with Crippen molar-refractivity contribution in [2.24, 2.45) is 0 Å². The molecule has 0 aliphatic heterocycles. The number of halogens is 2. The fourth-order valence-electron chi connectivity index (χ4n) is 3.40. The van der Waals surface area contributed by atoms with E-state index in [1.807, 2.05) is 12.2 Å². The van der Waals surface area contributed by atoms with Crippen molar-refractivity contribution in [3.8, 4) is 0 Å². The third-order valence-electron chi connectivity index (χ3n) is 4.81. The Morgan fingerprint density at radius 3 is 1.71 bits per heavy atom. The van der Waals surface area contributed by atoms with Gasteiger partial charge in [0.25, 0.3) is 0 Å². The number of hydrogen-bond acceptors (Lipinski definition) is 0. The van der Waals surface area contributed by atoms with E-state index in [0.29, 0.717) is 0 Å². The van der Waals surface area contributed by atoms with Gasteiger partial charge in [-0.05, 0) is 13.8 Å². The molecule has 0 N–H and O–H groups in total. The number of rotatable bonds is 0. The third kappa shape index (κ3) is 7.09. The molecule has 146 valence electrons. The van der Waals surface area contributed by atoms with Gasteiger partial charge in [-0.1, -0.05) is 35.4 Å². The average Bonchev–Trinajstić information content (AvgIpc) is 3.37. The predicted molar refractivity (Wildman–Crippen MR) is 112 cm³/mol. The van der Waals surface area contributed by atoms with Crippen LogP contribution in [0.3, 0.4) is 0 Å². The van der Waals surface area contributed by atoms with E-state index in [4.69, 9.17) is 0 Å². The molecule has 2 aliphatic carbocycles. The monoisotopic (exact) mass is 444 g/mol. The number of benzene rings is 2. The summed E-state index contributed by atoms with van der Waals surface area (Å²) in [5.74, 6) is 0. The SMILES string of the molecule is Cc1ccc2c(c1)[cH-]c1cc(C)ccc12.[C-]1=CC=CC1.[Cl-].[Cl-].[Ti+2]=[C]1CCCC1. The Hall–Kier alpha value is -1.05. The molecule has 0 nitrogen and oxygen atoms in total. The zero-order chi connectivity index (χ0) is 18.4. The normalized spacial score (nSPS) is 14.1. The van der Waals surface area contributed by atoms with E-state index >= 15 is 0 Å². The van der Waals surface area contributed by atoms with Gasteiger partial charge in [0.2, 0.25) is 0 Å². The first-order chi connectivity index (χ1) is 12.6. The molecule has 3 aromatic carbocycles. The molecule has 0 aromatic heterocycles. The molecule has 0 spiro atoms. The minimum absolute atomic E-state index is 0. The Morgan fingerprint density at radius 2 is 1.39 bits per heavy atom. The van der Waals surface area contributed by atoms with E-state index in [-0.39, 0.29) is 24.8 Å². The van der Waals surface area contributed by atoms with Crippen LogP contribution in [0.2, 0.25) is 0 Å². The summed E-state index contributed by atoms with van der Waals surface area (Å²) < 4.78 is 1.70. The van der Waals surface area contributed by atoms with Crippen molar-refractivity contribution in [1.29, 1.82) is 0 Å². The molecule has 0 atom stereocenters. The molecule has 3 heteroatoms. The second-order valence-electron chi connectivity index (χ2n) is 7.14. The van der Waals surface area contributed by atoms with Crippen LogP contribution in [0.4, 0.5) is 0 Å². The van der Waals surface area contributed by atoms with Gasteiger partial charge < -0.3 is 24.8 Å². The zero-order valence-electron chi connectivity index (χ0n) is 16.6. The molecule has 0 amide bonds. The molecule has 0 unspecified atom stereocenters. The van der Waals surface area contributed by atoms with Crippen LogP contribution in [0.25, 0.3) is 21.5 Å². The van der Waals surface area contributed by atoms with Crippen LogP contribution >= 0.6 is 0 Å². The van der Waals surface area contributed by atoms with Crippen LogP contribution in [-0.2, 0) is 20.0 Å². The third-order valence-corrected chi connectivity index (χ3v) is 5.59. The molecule has 28 heavy (non-hydrogen) atoms. The standard InChI is InChI=1S/C15H13.C5H8.C5H5.2ClH.Ti/c1-10-3-5-14-12(7-10)9-13-8-11(2)4-6-15(13)14;2*1-2-4-5-3-1;;;/h3-9H,1-2H3;1-4H2;1-3H,4H2;2*1H;/q-1;;-1;;;+2/p-2. The number of aryl methyl sites for hydroxylation is 2. The Kier molecular flexibility index (Phi) is 11.2. The fraction of sp³-hybridized carbons (Fsp3) is 0.280. The van der Waals surface area contributed by atoms with Gasteiger partial charge in [-0.3, -0.25) is 6.08 Å². The maximum absolute atomic E-state index is 2.99. The molecule has 2 aliphatic rings. The second kappa shape index (κ2) is 12.5. The van der Waals surface area contributed by atoms with Crippen molar-refractivity contribution in [2.45, 2.75) is 46.0 Å². The van der Waals surface area contributed by atoms with Gasteiger partial charge in [0.15, 0.2) is 0 Å². The van der Waals surface area contributed by atoms with Gasteiger partial charge in [-0.15, -0.1) is 46.2 Å². The van der Waals surface area contributed by atoms with E-state index in [9.17, 15) is 0 Å². The number of hydrogen-bond donors (Lipinski definition) is 0. The van der Waals surface area contributed by atoms with Crippen molar-refractivity contribution >= 4 is 25.4 Å². The first-order valence-corrected chi connectivity index (χ1v) is 10.3. The zero-order valence-corrected chi connectivity index (χ0v) is 19.6. The Morgan fingerprint density at radius 1 is 0.857 bits per heavy atom. The molecule has 0 saturated heterocycles. The number of fused-ring (bicyclic) bond motifs is 3. The van der Waals surface area contributed by atoms with E-state index < -0.39 is 0 Å². The summed E-state index contributed by atoms with van der Waals surface area (Å²) in [6.07, 6.45) is 15.7. The summed E-state index contributed by atoms with van der Waals surface area (Å²) in [5, 5.41) is 5.46. The molecule has 0 radical (unpaired) electrons. The van der Waals surface area contributed by atoms with Gasteiger partial charge in [-0.25, -0.2) is 12.2 Å². The maximum atomic E-state index is 2.99. The molecule has 1 saturated carbocycles. The van der Waals surface area contributed by atoms with Gasteiger partial charge in [0.1, 0.15) is 0 Å². The molecule has 0 bridgehead atoms. The van der Waals surface area contributed by atoms with Crippen LogP contribution in [0.15, 0.2) is 60.7 Å². The Labute approximate surface area is 193 Å². The summed E-state index contributed by atoms with van der Waals surface area (Å²) in [4.78, 5) is 0. The molecule has 3 aromatic rings. The quantitative estimate of drug-likeness (QED) is 0.357. The molecular weight excluding hydrogens is 419 g/mol. The van der Waals surface area contributed by atoms with E-state index in [2.05, 4.69) is 88.4 Å².